The molecule has 0 spiro atoms. The molecule has 80 valence electrons. The second-order valence-electron chi connectivity index (χ2n) is 2.84. The summed E-state index contributed by atoms with van der Waals surface area (Å²) in [6, 6.07) is 0. The topological polar surface area (TPSA) is 37.8 Å². The molecular formula is C9H11N3S3. The highest BCUT2D eigenvalue weighted by Gasteiger charge is 2.07. The Bertz CT molecular complexity index is 435. The van der Waals surface area contributed by atoms with E-state index in [0.717, 1.165) is 26.5 Å². The lowest BCUT2D eigenvalue weighted by Crippen LogP contribution is -1.84. The van der Waals surface area contributed by atoms with E-state index in [2.05, 4.69) is 26.9 Å². The number of hydrogen-bond acceptors (Lipinski definition) is 6. The van der Waals surface area contributed by atoms with Crippen LogP contribution < -0.4 is 5.32 Å². The Morgan fingerprint density at radius 3 is 3.07 bits per heavy atom. The van der Waals surface area contributed by atoms with E-state index in [1.807, 2.05) is 13.2 Å². The van der Waals surface area contributed by atoms with E-state index >= 15 is 0 Å². The number of anilines is 1. The predicted octanol–water partition coefficient (Wildman–Crippen LogP) is 3.17. The molecule has 0 aliphatic carbocycles. The van der Waals surface area contributed by atoms with E-state index < -0.39 is 0 Å². The zero-order chi connectivity index (χ0) is 10.7. The molecule has 0 unspecified atom stereocenters. The van der Waals surface area contributed by atoms with E-state index in [1.165, 1.54) is 0 Å². The van der Waals surface area contributed by atoms with Crippen molar-refractivity contribution in [3.05, 3.63) is 16.6 Å². The Labute approximate surface area is 101 Å². The monoisotopic (exact) mass is 257 g/mol. The molecule has 0 radical (unpaired) electrons. The van der Waals surface area contributed by atoms with Gasteiger partial charge in [-0.15, -0.1) is 22.7 Å². The van der Waals surface area contributed by atoms with E-state index in [9.17, 15) is 0 Å². The maximum Gasteiger partial charge on any atom is 0.182 e. The lowest BCUT2D eigenvalue weighted by Gasteiger charge is -1.89. The summed E-state index contributed by atoms with van der Waals surface area (Å²) in [7, 11) is 1.88. The zero-order valence-electron chi connectivity index (χ0n) is 8.48. The molecule has 2 heterocycles. The number of rotatable bonds is 4. The van der Waals surface area contributed by atoms with Gasteiger partial charge in [0.1, 0.15) is 5.01 Å². The van der Waals surface area contributed by atoms with E-state index in [4.69, 9.17) is 0 Å². The van der Waals surface area contributed by atoms with Crippen LogP contribution in [0.2, 0.25) is 0 Å². The maximum atomic E-state index is 4.44. The van der Waals surface area contributed by atoms with Gasteiger partial charge in [0.15, 0.2) is 5.13 Å². The lowest BCUT2D eigenvalue weighted by atomic mass is 10.4. The normalized spacial score (nSPS) is 10.5. The third-order valence-electron chi connectivity index (χ3n) is 1.79. The fourth-order valence-corrected chi connectivity index (χ4v) is 3.45. The van der Waals surface area contributed by atoms with Crippen LogP contribution in [0, 0.1) is 0 Å². The maximum absolute atomic E-state index is 4.44. The minimum Gasteiger partial charge on any atom is -0.365 e. The van der Waals surface area contributed by atoms with Gasteiger partial charge in [-0.05, 0) is 6.26 Å². The molecule has 0 aliphatic heterocycles. The largest absolute Gasteiger partial charge is 0.365 e. The van der Waals surface area contributed by atoms with Crippen molar-refractivity contribution in [3.63, 3.8) is 0 Å². The third kappa shape index (κ3) is 2.50. The highest BCUT2D eigenvalue weighted by molar-refractivity contribution is 7.97. The minimum absolute atomic E-state index is 0.949. The number of nitrogens with zero attached hydrogens (tertiary/aromatic N) is 2. The summed E-state index contributed by atoms with van der Waals surface area (Å²) in [6.45, 7) is 0. The fraction of sp³-hybridized carbons (Fsp3) is 0.333. The van der Waals surface area contributed by atoms with Crippen LogP contribution in [0.15, 0.2) is 11.6 Å². The quantitative estimate of drug-likeness (QED) is 0.913. The molecule has 0 aliphatic rings. The fourth-order valence-electron chi connectivity index (χ4n) is 1.12. The Kier molecular flexibility index (Phi) is 3.61. The van der Waals surface area contributed by atoms with Crippen molar-refractivity contribution in [3.8, 4) is 10.6 Å². The van der Waals surface area contributed by atoms with E-state index in [0.29, 0.717) is 0 Å². The predicted molar refractivity (Wildman–Crippen MR) is 70.0 cm³/mol. The minimum atomic E-state index is 0.949. The summed E-state index contributed by atoms with van der Waals surface area (Å²) < 4.78 is 0. The van der Waals surface area contributed by atoms with Gasteiger partial charge in [0.25, 0.3) is 0 Å². The highest BCUT2D eigenvalue weighted by Crippen LogP contribution is 2.30. The van der Waals surface area contributed by atoms with Gasteiger partial charge in [-0.2, -0.15) is 11.8 Å². The summed E-state index contributed by atoms with van der Waals surface area (Å²) in [5.74, 6) is 0.980. The summed E-state index contributed by atoms with van der Waals surface area (Å²) in [6.07, 6.45) is 3.99. The summed E-state index contributed by atoms with van der Waals surface area (Å²) >= 11 is 5.13. The SMILES string of the molecule is CNc1nc(-c2cnc(CSC)s2)cs1. The van der Waals surface area contributed by atoms with Gasteiger partial charge in [0.2, 0.25) is 0 Å². The van der Waals surface area contributed by atoms with Gasteiger partial charge >= 0.3 is 0 Å². The summed E-state index contributed by atoms with van der Waals surface area (Å²) in [5, 5.41) is 7.21. The first kappa shape index (κ1) is 10.9. The van der Waals surface area contributed by atoms with E-state index in [1.54, 1.807) is 34.4 Å². The van der Waals surface area contributed by atoms with Gasteiger partial charge in [-0.25, -0.2) is 9.97 Å². The van der Waals surface area contributed by atoms with Crippen LogP contribution in [-0.4, -0.2) is 23.3 Å². The van der Waals surface area contributed by atoms with Gasteiger partial charge < -0.3 is 5.32 Å². The van der Waals surface area contributed by atoms with Crippen molar-refractivity contribution in [1.82, 2.24) is 9.97 Å². The molecule has 2 rings (SSSR count). The number of nitrogens with one attached hydrogen (secondary N) is 1. The van der Waals surface area contributed by atoms with Crippen molar-refractivity contribution in [2.75, 3.05) is 18.6 Å². The molecule has 0 atom stereocenters. The molecule has 0 fully saturated rings. The van der Waals surface area contributed by atoms with E-state index in [-0.39, 0.29) is 0 Å². The Balaban J connectivity index is 2.21. The Morgan fingerprint density at radius 2 is 2.40 bits per heavy atom. The standard InChI is InChI=1S/C9H11N3S3/c1-10-9-12-6(4-14-9)7-3-11-8(15-7)5-13-2/h3-4H,5H2,1-2H3,(H,10,12). The molecule has 0 amide bonds. The lowest BCUT2D eigenvalue weighted by molar-refractivity contribution is 1.27. The molecule has 0 bridgehead atoms. The molecule has 0 saturated carbocycles. The molecule has 15 heavy (non-hydrogen) atoms. The number of thioether (sulfide) groups is 1. The van der Waals surface area contributed by atoms with Crippen LogP contribution in [0.25, 0.3) is 10.6 Å². The molecule has 0 aromatic carbocycles. The van der Waals surface area contributed by atoms with Crippen molar-refractivity contribution in [2.45, 2.75) is 5.75 Å². The van der Waals surface area contributed by atoms with Gasteiger partial charge in [-0.1, -0.05) is 0 Å². The smallest absolute Gasteiger partial charge is 0.182 e. The average Bonchev–Trinajstić information content (AvgIpc) is 2.85. The molecule has 1 N–H and O–H groups in total. The molecule has 3 nitrogen and oxygen atoms in total. The second kappa shape index (κ2) is 4.96. The van der Waals surface area contributed by atoms with Crippen LogP contribution in [0.3, 0.4) is 0 Å². The Morgan fingerprint density at radius 1 is 1.53 bits per heavy atom. The molecule has 0 saturated heterocycles. The van der Waals surface area contributed by atoms with Crippen molar-refractivity contribution in [1.29, 1.82) is 0 Å². The first-order valence-electron chi connectivity index (χ1n) is 4.40. The van der Waals surface area contributed by atoms with Gasteiger partial charge in [-0.3, -0.25) is 0 Å². The zero-order valence-corrected chi connectivity index (χ0v) is 10.9. The van der Waals surface area contributed by atoms with Gasteiger partial charge in [0.05, 0.1) is 10.6 Å². The van der Waals surface area contributed by atoms with Gasteiger partial charge in [0, 0.05) is 24.4 Å². The summed E-state index contributed by atoms with van der Waals surface area (Å²) in [4.78, 5) is 9.95. The third-order valence-corrected chi connectivity index (χ3v) is 4.42. The molecular weight excluding hydrogens is 246 g/mol. The van der Waals surface area contributed by atoms with Crippen molar-refractivity contribution in [2.24, 2.45) is 0 Å². The first-order chi connectivity index (χ1) is 7.33. The van der Waals surface area contributed by atoms with Crippen molar-refractivity contribution >= 4 is 39.6 Å². The molecule has 2 aromatic heterocycles. The van der Waals surface area contributed by atoms with Crippen LogP contribution in [0.4, 0.5) is 5.13 Å². The highest BCUT2D eigenvalue weighted by atomic mass is 32.2. The van der Waals surface area contributed by atoms with Crippen LogP contribution in [0.1, 0.15) is 5.01 Å². The molecule has 2 aromatic rings. The summed E-state index contributed by atoms with van der Waals surface area (Å²) in [5.41, 5.74) is 1.02. The number of aromatic nitrogens is 2. The Hall–Kier alpha value is -0.590. The first-order valence-corrected chi connectivity index (χ1v) is 7.49. The van der Waals surface area contributed by atoms with Crippen LogP contribution >= 0.6 is 34.4 Å². The van der Waals surface area contributed by atoms with Crippen molar-refractivity contribution < 1.29 is 0 Å². The van der Waals surface area contributed by atoms with Crippen LogP contribution in [-0.2, 0) is 5.75 Å². The number of hydrogen-bond donors (Lipinski definition) is 1. The number of thiazole rings is 2. The average molecular weight is 257 g/mol. The van der Waals surface area contributed by atoms with Crippen LogP contribution in [0.5, 0.6) is 0 Å². The molecule has 6 heteroatoms. The second-order valence-corrected chi connectivity index (χ2v) is 5.68.